The van der Waals surface area contributed by atoms with Crippen LogP contribution in [0.1, 0.15) is 23.7 Å². The molecule has 0 saturated heterocycles. The minimum Gasteiger partial charge on any atom is -0.491 e. The van der Waals surface area contributed by atoms with Gasteiger partial charge in [0.15, 0.2) is 9.84 Å². The van der Waals surface area contributed by atoms with Crippen molar-refractivity contribution in [1.29, 1.82) is 0 Å². The molecular weight excluding hydrogens is 320 g/mol. The van der Waals surface area contributed by atoms with Gasteiger partial charge in [-0.1, -0.05) is 6.92 Å². The van der Waals surface area contributed by atoms with Crippen molar-refractivity contribution < 1.29 is 17.9 Å². The Balaban J connectivity index is 2.57. The molecule has 1 aromatic carbocycles. The Kier molecular flexibility index (Phi) is 5.81. The molecule has 0 aliphatic heterocycles. The first-order valence-corrected chi connectivity index (χ1v) is 8.18. The maximum absolute atomic E-state index is 11.5. The quantitative estimate of drug-likeness (QED) is 0.718. The van der Waals surface area contributed by atoms with Crippen molar-refractivity contribution in [3.63, 3.8) is 0 Å². The van der Waals surface area contributed by atoms with Gasteiger partial charge in [0.2, 0.25) is 0 Å². The second-order valence-corrected chi connectivity index (χ2v) is 6.97. The van der Waals surface area contributed by atoms with E-state index in [1.807, 2.05) is 6.92 Å². The second-order valence-electron chi connectivity index (χ2n) is 3.81. The Morgan fingerprint density at radius 2 is 2.06 bits per heavy atom. The predicted molar refractivity (Wildman–Crippen MR) is 74.0 cm³/mol. The molecule has 1 rings (SSSR count). The van der Waals surface area contributed by atoms with Crippen LogP contribution in [0, 0.1) is 0 Å². The van der Waals surface area contributed by atoms with Gasteiger partial charge in [-0.15, -0.1) is 0 Å². The van der Waals surface area contributed by atoms with Crippen LogP contribution in [0.25, 0.3) is 0 Å². The number of ether oxygens (including phenoxy) is 1. The van der Waals surface area contributed by atoms with E-state index >= 15 is 0 Å². The summed E-state index contributed by atoms with van der Waals surface area (Å²) < 4.78 is 29.0. The van der Waals surface area contributed by atoms with E-state index in [1.165, 1.54) is 0 Å². The minimum absolute atomic E-state index is 0.00269. The molecular formula is C12H15BrO4S. The number of hydrogen-bond acceptors (Lipinski definition) is 4. The highest BCUT2D eigenvalue weighted by Crippen LogP contribution is 2.25. The summed E-state index contributed by atoms with van der Waals surface area (Å²) in [5, 5.41) is 0. The van der Waals surface area contributed by atoms with Crippen LogP contribution in [0.15, 0.2) is 22.7 Å². The summed E-state index contributed by atoms with van der Waals surface area (Å²) in [7, 11) is -3.02. The number of benzene rings is 1. The van der Waals surface area contributed by atoms with E-state index in [2.05, 4.69) is 15.9 Å². The van der Waals surface area contributed by atoms with Crippen molar-refractivity contribution in [2.24, 2.45) is 0 Å². The lowest BCUT2D eigenvalue weighted by Crippen LogP contribution is -2.16. The zero-order valence-corrected chi connectivity index (χ0v) is 12.5. The van der Waals surface area contributed by atoms with Crippen LogP contribution in [0.4, 0.5) is 0 Å². The molecule has 0 N–H and O–H groups in total. The van der Waals surface area contributed by atoms with Gasteiger partial charge in [-0.05, 0) is 40.5 Å². The maximum Gasteiger partial charge on any atom is 0.153 e. The van der Waals surface area contributed by atoms with Crippen LogP contribution >= 0.6 is 15.9 Å². The van der Waals surface area contributed by atoms with Crippen LogP contribution in [0.3, 0.4) is 0 Å². The molecule has 0 fully saturated rings. The van der Waals surface area contributed by atoms with Gasteiger partial charge in [-0.3, -0.25) is 4.79 Å². The largest absolute Gasteiger partial charge is 0.491 e. The Bertz CT molecular complexity index is 511. The van der Waals surface area contributed by atoms with E-state index in [0.717, 1.165) is 6.29 Å². The molecule has 0 atom stereocenters. The van der Waals surface area contributed by atoms with Crippen LogP contribution in [0.5, 0.6) is 5.75 Å². The molecule has 100 valence electrons. The van der Waals surface area contributed by atoms with Crippen LogP contribution < -0.4 is 4.74 Å². The molecule has 0 aliphatic rings. The normalized spacial score (nSPS) is 11.2. The van der Waals surface area contributed by atoms with E-state index in [-0.39, 0.29) is 18.1 Å². The highest BCUT2D eigenvalue weighted by molar-refractivity contribution is 9.10. The van der Waals surface area contributed by atoms with Crippen LogP contribution in [-0.2, 0) is 9.84 Å². The monoisotopic (exact) mass is 334 g/mol. The van der Waals surface area contributed by atoms with Crippen molar-refractivity contribution in [3.05, 3.63) is 28.2 Å². The molecule has 4 nitrogen and oxygen atoms in total. The van der Waals surface area contributed by atoms with Crippen molar-refractivity contribution in [2.75, 3.05) is 18.1 Å². The Hall–Kier alpha value is -0.880. The van der Waals surface area contributed by atoms with Crippen molar-refractivity contribution in [2.45, 2.75) is 13.3 Å². The number of sulfone groups is 1. The minimum atomic E-state index is -3.02. The zero-order chi connectivity index (χ0) is 13.6. The van der Waals surface area contributed by atoms with Crippen molar-refractivity contribution in [3.8, 4) is 5.75 Å². The Labute approximate surface area is 115 Å². The maximum atomic E-state index is 11.5. The Morgan fingerprint density at radius 1 is 1.33 bits per heavy atom. The molecule has 18 heavy (non-hydrogen) atoms. The van der Waals surface area contributed by atoms with Gasteiger partial charge in [0, 0.05) is 5.56 Å². The van der Waals surface area contributed by atoms with Gasteiger partial charge in [-0.2, -0.15) is 0 Å². The first-order chi connectivity index (χ1) is 8.48. The summed E-state index contributed by atoms with van der Waals surface area (Å²) in [5.74, 6) is 0.719. The zero-order valence-electron chi connectivity index (χ0n) is 10.1. The average molecular weight is 335 g/mol. The van der Waals surface area contributed by atoms with E-state index in [0.29, 0.717) is 22.2 Å². The predicted octanol–water partition coefficient (Wildman–Crippen LogP) is 2.47. The fourth-order valence-corrected chi connectivity index (χ4v) is 3.07. The summed E-state index contributed by atoms with van der Waals surface area (Å²) in [6.07, 6.45) is 1.35. The van der Waals surface area contributed by atoms with Crippen LogP contribution in [-0.4, -0.2) is 32.8 Å². The molecule has 0 radical (unpaired) electrons. The summed E-state index contributed by atoms with van der Waals surface area (Å²) in [6.45, 7) is 1.94. The summed E-state index contributed by atoms with van der Waals surface area (Å²) in [5.41, 5.74) is 0.535. The highest BCUT2D eigenvalue weighted by atomic mass is 79.9. The molecule has 0 amide bonds. The fourth-order valence-electron chi connectivity index (χ4n) is 1.40. The topological polar surface area (TPSA) is 60.4 Å². The third kappa shape index (κ3) is 4.78. The lowest BCUT2D eigenvalue weighted by molar-refractivity contribution is 0.112. The SMILES string of the molecule is CCCS(=O)(=O)CCOc1ccc(C=O)cc1Br. The third-order valence-electron chi connectivity index (χ3n) is 2.26. The Morgan fingerprint density at radius 3 is 2.61 bits per heavy atom. The van der Waals surface area contributed by atoms with Gasteiger partial charge in [0.05, 0.1) is 16.0 Å². The molecule has 1 aromatic rings. The van der Waals surface area contributed by atoms with Crippen molar-refractivity contribution in [1.82, 2.24) is 0 Å². The molecule has 0 spiro atoms. The standard InChI is InChI=1S/C12H15BrO4S/c1-2-6-18(15,16)7-5-17-12-4-3-10(9-14)8-11(12)13/h3-4,8-9H,2,5-7H2,1H3. The molecule has 6 heteroatoms. The van der Waals surface area contributed by atoms with Crippen LogP contribution in [0.2, 0.25) is 0 Å². The smallest absolute Gasteiger partial charge is 0.153 e. The fraction of sp³-hybridized carbons (Fsp3) is 0.417. The lowest BCUT2D eigenvalue weighted by Gasteiger charge is -2.08. The van der Waals surface area contributed by atoms with E-state index in [1.54, 1.807) is 18.2 Å². The van der Waals surface area contributed by atoms with E-state index in [9.17, 15) is 13.2 Å². The first-order valence-electron chi connectivity index (χ1n) is 5.56. The number of rotatable bonds is 7. The molecule has 0 aromatic heterocycles. The van der Waals surface area contributed by atoms with Gasteiger partial charge < -0.3 is 4.74 Å². The number of carbonyl (C=O) groups excluding carboxylic acids is 1. The molecule has 0 bridgehead atoms. The first kappa shape index (κ1) is 15.2. The van der Waals surface area contributed by atoms with E-state index in [4.69, 9.17) is 4.74 Å². The van der Waals surface area contributed by atoms with Gasteiger partial charge in [0.1, 0.15) is 18.6 Å². The number of halogens is 1. The average Bonchev–Trinajstić information content (AvgIpc) is 2.31. The van der Waals surface area contributed by atoms with Crippen molar-refractivity contribution >= 4 is 32.1 Å². The van der Waals surface area contributed by atoms with Gasteiger partial charge in [-0.25, -0.2) is 8.42 Å². The summed E-state index contributed by atoms with van der Waals surface area (Å²) in [6, 6.07) is 4.89. The molecule has 0 aliphatic carbocycles. The molecule has 0 heterocycles. The molecule has 0 unspecified atom stereocenters. The number of carbonyl (C=O) groups is 1. The third-order valence-corrected chi connectivity index (χ3v) is 4.70. The van der Waals surface area contributed by atoms with Gasteiger partial charge >= 0.3 is 0 Å². The highest BCUT2D eigenvalue weighted by Gasteiger charge is 2.10. The summed E-state index contributed by atoms with van der Waals surface area (Å²) in [4.78, 5) is 10.5. The van der Waals surface area contributed by atoms with Gasteiger partial charge in [0.25, 0.3) is 0 Å². The number of hydrogen-bond donors (Lipinski definition) is 0. The van der Waals surface area contributed by atoms with E-state index < -0.39 is 9.84 Å². The lowest BCUT2D eigenvalue weighted by atomic mass is 10.2. The second kappa shape index (κ2) is 6.89. The molecule has 0 saturated carbocycles. The number of aldehydes is 1. The summed E-state index contributed by atoms with van der Waals surface area (Å²) >= 11 is 3.27.